The SMILES string of the molecule is C[C@H](C#N)CC(=O)c1cccs1. The highest BCUT2D eigenvalue weighted by Crippen LogP contribution is 2.14. The van der Waals surface area contributed by atoms with E-state index in [0.717, 1.165) is 4.88 Å². The molecule has 1 atom stereocenters. The minimum Gasteiger partial charge on any atom is -0.293 e. The van der Waals surface area contributed by atoms with Crippen molar-refractivity contribution >= 4 is 17.1 Å². The average Bonchev–Trinajstić information content (AvgIpc) is 2.56. The van der Waals surface area contributed by atoms with Crippen LogP contribution in [0.15, 0.2) is 17.5 Å². The fourth-order valence-electron chi connectivity index (χ4n) is 0.862. The fraction of sp³-hybridized carbons (Fsp3) is 0.333. The number of rotatable bonds is 3. The van der Waals surface area contributed by atoms with E-state index in [1.54, 1.807) is 13.0 Å². The van der Waals surface area contributed by atoms with Crippen LogP contribution in [0.5, 0.6) is 0 Å². The van der Waals surface area contributed by atoms with Crippen LogP contribution >= 0.6 is 11.3 Å². The summed E-state index contributed by atoms with van der Waals surface area (Å²) < 4.78 is 0. The van der Waals surface area contributed by atoms with E-state index in [1.165, 1.54) is 11.3 Å². The largest absolute Gasteiger partial charge is 0.293 e. The monoisotopic (exact) mass is 179 g/mol. The number of carbonyl (C=O) groups excluding carboxylic acids is 1. The molecular formula is C9H9NOS. The van der Waals surface area contributed by atoms with Crippen molar-refractivity contribution in [3.8, 4) is 6.07 Å². The maximum absolute atomic E-state index is 11.3. The van der Waals surface area contributed by atoms with Gasteiger partial charge in [-0.2, -0.15) is 5.26 Å². The lowest BCUT2D eigenvalue weighted by Crippen LogP contribution is -2.02. The van der Waals surface area contributed by atoms with Crippen LogP contribution in [-0.4, -0.2) is 5.78 Å². The van der Waals surface area contributed by atoms with Crippen molar-refractivity contribution in [3.63, 3.8) is 0 Å². The summed E-state index contributed by atoms with van der Waals surface area (Å²) in [6.45, 7) is 1.76. The van der Waals surface area contributed by atoms with E-state index < -0.39 is 0 Å². The average molecular weight is 179 g/mol. The highest BCUT2D eigenvalue weighted by molar-refractivity contribution is 7.12. The summed E-state index contributed by atoms with van der Waals surface area (Å²) in [4.78, 5) is 12.1. The molecule has 3 heteroatoms. The summed E-state index contributed by atoms with van der Waals surface area (Å²) >= 11 is 1.42. The minimum absolute atomic E-state index is 0.0686. The van der Waals surface area contributed by atoms with E-state index in [-0.39, 0.29) is 11.7 Å². The molecule has 62 valence electrons. The Labute approximate surface area is 75.5 Å². The highest BCUT2D eigenvalue weighted by Gasteiger charge is 2.10. The van der Waals surface area contributed by atoms with Crippen molar-refractivity contribution in [2.24, 2.45) is 5.92 Å². The van der Waals surface area contributed by atoms with Crippen molar-refractivity contribution < 1.29 is 4.79 Å². The third-order valence-electron chi connectivity index (χ3n) is 1.51. The number of hydrogen-bond acceptors (Lipinski definition) is 3. The van der Waals surface area contributed by atoms with Gasteiger partial charge in [0.1, 0.15) is 0 Å². The summed E-state index contributed by atoms with van der Waals surface area (Å²) in [5, 5.41) is 10.3. The Morgan fingerprint density at radius 2 is 2.58 bits per heavy atom. The predicted molar refractivity (Wildman–Crippen MR) is 48.0 cm³/mol. The minimum atomic E-state index is -0.181. The van der Waals surface area contributed by atoms with E-state index in [9.17, 15) is 4.79 Å². The van der Waals surface area contributed by atoms with Crippen molar-refractivity contribution in [2.75, 3.05) is 0 Å². The molecule has 1 aromatic heterocycles. The molecule has 1 rings (SSSR count). The first-order chi connectivity index (χ1) is 5.74. The Balaban J connectivity index is 2.57. The van der Waals surface area contributed by atoms with Crippen LogP contribution in [-0.2, 0) is 0 Å². The van der Waals surface area contributed by atoms with Crippen molar-refractivity contribution in [3.05, 3.63) is 22.4 Å². The molecule has 0 radical (unpaired) electrons. The molecule has 0 amide bonds. The Bertz CT molecular complexity index is 297. The fourth-order valence-corrected chi connectivity index (χ4v) is 1.54. The van der Waals surface area contributed by atoms with Gasteiger partial charge in [-0.25, -0.2) is 0 Å². The van der Waals surface area contributed by atoms with Gasteiger partial charge in [0.25, 0.3) is 0 Å². The zero-order chi connectivity index (χ0) is 8.97. The topological polar surface area (TPSA) is 40.9 Å². The summed E-state index contributed by atoms with van der Waals surface area (Å²) in [6, 6.07) is 5.67. The van der Waals surface area contributed by atoms with Crippen LogP contribution in [0.2, 0.25) is 0 Å². The second-order valence-corrected chi connectivity index (χ2v) is 3.58. The van der Waals surface area contributed by atoms with E-state index in [1.807, 2.05) is 17.5 Å². The Morgan fingerprint density at radius 3 is 3.08 bits per heavy atom. The van der Waals surface area contributed by atoms with Gasteiger partial charge in [0, 0.05) is 6.42 Å². The second-order valence-electron chi connectivity index (χ2n) is 2.63. The van der Waals surface area contributed by atoms with Gasteiger partial charge in [-0.1, -0.05) is 6.07 Å². The lowest BCUT2D eigenvalue weighted by Gasteiger charge is -1.97. The molecule has 0 saturated carbocycles. The lowest BCUT2D eigenvalue weighted by molar-refractivity contribution is 0.0977. The van der Waals surface area contributed by atoms with Crippen LogP contribution in [0.25, 0.3) is 0 Å². The molecule has 2 nitrogen and oxygen atoms in total. The van der Waals surface area contributed by atoms with Crippen molar-refractivity contribution in [1.29, 1.82) is 5.26 Å². The molecule has 0 aliphatic carbocycles. The first-order valence-electron chi connectivity index (χ1n) is 3.70. The van der Waals surface area contributed by atoms with Gasteiger partial charge in [0.2, 0.25) is 0 Å². The molecule has 0 spiro atoms. The molecule has 12 heavy (non-hydrogen) atoms. The molecule has 0 N–H and O–H groups in total. The summed E-state index contributed by atoms with van der Waals surface area (Å²) in [5.74, 6) is -0.112. The predicted octanol–water partition coefficient (Wildman–Crippen LogP) is 2.48. The first kappa shape index (κ1) is 8.95. The van der Waals surface area contributed by atoms with Crippen LogP contribution in [0.3, 0.4) is 0 Å². The molecule has 0 aliphatic rings. The summed E-state index contributed by atoms with van der Waals surface area (Å²) in [6.07, 6.45) is 0.330. The normalized spacial score (nSPS) is 12.0. The van der Waals surface area contributed by atoms with Gasteiger partial charge in [0.05, 0.1) is 16.9 Å². The molecule has 0 unspecified atom stereocenters. The van der Waals surface area contributed by atoms with Crippen molar-refractivity contribution in [2.45, 2.75) is 13.3 Å². The Morgan fingerprint density at radius 1 is 1.83 bits per heavy atom. The quantitative estimate of drug-likeness (QED) is 0.669. The van der Waals surface area contributed by atoms with Crippen LogP contribution in [0, 0.1) is 17.2 Å². The van der Waals surface area contributed by atoms with Gasteiger partial charge >= 0.3 is 0 Å². The van der Waals surface area contributed by atoms with Crippen LogP contribution in [0.4, 0.5) is 0 Å². The number of ketones is 1. The third kappa shape index (κ3) is 2.18. The number of hydrogen-bond donors (Lipinski definition) is 0. The standard InChI is InChI=1S/C9H9NOS/c1-7(6-10)5-8(11)9-3-2-4-12-9/h2-4,7H,5H2,1H3/t7-/m0/s1. The lowest BCUT2D eigenvalue weighted by atomic mass is 10.1. The smallest absolute Gasteiger partial charge is 0.174 e. The molecule has 0 aromatic carbocycles. The zero-order valence-electron chi connectivity index (χ0n) is 6.78. The van der Waals surface area contributed by atoms with Crippen molar-refractivity contribution in [1.82, 2.24) is 0 Å². The number of nitrogens with zero attached hydrogens (tertiary/aromatic N) is 1. The maximum atomic E-state index is 11.3. The van der Waals surface area contributed by atoms with Crippen LogP contribution in [0.1, 0.15) is 23.0 Å². The molecule has 1 aromatic rings. The third-order valence-corrected chi connectivity index (χ3v) is 2.42. The Hall–Kier alpha value is -1.14. The zero-order valence-corrected chi connectivity index (χ0v) is 7.60. The van der Waals surface area contributed by atoms with E-state index in [2.05, 4.69) is 0 Å². The maximum Gasteiger partial charge on any atom is 0.174 e. The van der Waals surface area contributed by atoms with Gasteiger partial charge < -0.3 is 0 Å². The van der Waals surface area contributed by atoms with E-state index in [0.29, 0.717) is 6.42 Å². The molecule has 0 bridgehead atoms. The summed E-state index contributed by atoms with van der Waals surface area (Å²) in [5.41, 5.74) is 0. The van der Waals surface area contributed by atoms with E-state index in [4.69, 9.17) is 5.26 Å². The molecule has 0 aliphatic heterocycles. The van der Waals surface area contributed by atoms with E-state index >= 15 is 0 Å². The Kier molecular flexibility index (Phi) is 3.01. The van der Waals surface area contributed by atoms with Gasteiger partial charge in [-0.15, -0.1) is 11.3 Å². The van der Waals surface area contributed by atoms with Gasteiger partial charge in [-0.05, 0) is 18.4 Å². The number of thiophene rings is 1. The number of carbonyl (C=O) groups is 1. The molecular weight excluding hydrogens is 170 g/mol. The molecule has 1 heterocycles. The number of Topliss-reactive ketones (excluding diaryl/α,β-unsaturated/α-hetero) is 1. The highest BCUT2D eigenvalue weighted by atomic mass is 32.1. The molecule has 0 fully saturated rings. The van der Waals surface area contributed by atoms with Gasteiger partial charge in [-0.3, -0.25) is 4.79 Å². The number of nitriles is 1. The van der Waals surface area contributed by atoms with Gasteiger partial charge in [0.15, 0.2) is 5.78 Å². The second kappa shape index (κ2) is 4.03. The first-order valence-corrected chi connectivity index (χ1v) is 4.58. The summed E-state index contributed by atoms with van der Waals surface area (Å²) in [7, 11) is 0. The molecule has 0 saturated heterocycles. The van der Waals surface area contributed by atoms with Crippen LogP contribution < -0.4 is 0 Å².